The zero-order valence-corrected chi connectivity index (χ0v) is 11.7. The molecule has 0 aromatic carbocycles. The minimum atomic E-state index is -2.58. The smallest absolute Gasteiger partial charge is 0.326 e. The van der Waals surface area contributed by atoms with Gasteiger partial charge in [-0.05, 0) is 30.6 Å². The molecule has 0 aliphatic heterocycles. The summed E-state index contributed by atoms with van der Waals surface area (Å²) in [5.41, 5.74) is 0.0284. The van der Waals surface area contributed by atoms with Crippen LogP contribution in [0.25, 0.3) is 0 Å². The van der Waals surface area contributed by atoms with Crippen LogP contribution >= 0.6 is 11.8 Å². The van der Waals surface area contributed by atoms with Crippen molar-refractivity contribution < 1.29 is 23.5 Å². The van der Waals surface area contributed by atoms with Gasteiger partial charge in [0, 0.05) is 6.20 Å². The van der Waals surface area contributed by atoms with Crippen LogP contribution in [-0.4, -0.2) is 46.0 Å². The van der Waals surface area contributed by atoms with Gasteiger partial charge in [0.25, 0.3) is 12.3 Å². The second-order valence-corrected chi connectivity index (χ2v) is 5.07. The van der Waals surface area contributed by atoms with E-state index in [0.717, 1.165) is 4.57 Å². The molecular weight excluding hydrogens is 290 g/mol. The molecule has 0 saturated heterocycles. The van der Waals surface area contributed by atoms with Crippen molar-refractivity contribution in [2.45, 2.75) is 25.4 Å². The Morgan fingerprint density at radius 3 is 2.75 bits per heavy atom. The third kappa shape index (κ3) is 4.84. The molecule has 0 aliphatic carbocycles. The van der Waals surface area contributed by atoms with Crippen molar-refractivity contribution in [3.63, 3.8) is 0 Å². The number of nitrogens with zero attached hydrogens (tertiary/aromatic N) is 1. The van der Waals surface area contributed by atoms with Crippen LogP contribution in [0.4, 0.5) is 8.78 Å². The highest BCUT2D eigenvalue weighted by Crippen LogP contribution is 2.08. The minimum Gasteiger partial charge on any atom is -0.480 e. The van der Waals surface area contributed by atoms with Gasteiger partial charge >= 0.3 is 5.97 Å². The third-order valence-electron chi connectivity index (χ3n) is 2.61. The van der Waals surface area contributed by atoms with E-state index < -0.39 is 30.9 Å². The lowest BCUT2D eigenvalue weighted by Gasteiger charge is -2.15. The fourth-order valence-electron chi connectivity index (χ4n) is 1.65. The van der Waals surface area contributed by atoms with Gasteiger partial charge in [-0.3, -0.25) is 4.79 Å². The molecule has 5 nitrogen and oxygen atoms in total. The van der Waals surface area contributed by atoms with Crippen molar-refractivity contribution in [1.82, 2.24) is 9.88 Å². The number of carbonyl (C=O) groups is 2. The van der Waals surface area contributed by atoms with Gasteiger partial charge < -0.3 is 15.0 Å². The molecule has 1 atom stereocenters. The largest absolute Gasteiger partial charge is 0.480 e. The molecule has 112 valence electrons. The molecule has 0 spiro atoms. The van der Waals surface area contributed by atoms with Gasteiger partial charge in [-0.15, -0.1) is 0 Å². The molecule has 1 rings (SSSR count). The summed E-state index contributed by atoms with van der Waals surface area (Å²) in [6.45, 7) is -0.599. The maximum atomic E-state index is 12.3. The molecule has 1 unspecified atom stereocenters. The number of nitrogens with one attached hydrogen (secondary N) is 1. The van der Waals surface area contributed by atoms with Crippen LogP contribution in [0, 0.1) is 0 Å². The topological polar surface area (TPSA) is 71.3 Å². The summed E-state index contributed by atoms with van der Waals surface area (Å²) in [5, 5.41) is 11.4. The summed E-state index contributed by atoms with van der Waals surface area (Å²) in [6.07, 6.45) is 0.881. The van der Waals surface area contributed by atoms with Crippen LogP contribution in [0.3, 0.4) is 0 Å². The molecule has 1 aromatic heterocycles. The highest BCUT2D eigenvalue weighted by atomic mass is 32.2. The zero-order chi connectivity index (χ0) is 15.1. The predicted molar refractivity (Wildman–Crippen MR) is 72.3 cm³/mol. The van der Waals surface area contributed by atoms with Crippen molar-refractivity contribution in [3.05, 3.63) is 24.0 Å². The van der Waals surface area contributed by atoms with Crippen LogP contribution in [0.1, 0.15) is 16.9 Å². The van der Waals surface area contributed by atoms with Gasteiger partial charge in [0.1, 0.15) is 11.7 Å². The Labute approximate surface area is 119 Å². The van der Waals surface area contributed by atoms with E-state index >= 15 is 0 Å². The fourth-order valence-corrected chi connectivity index (χ4v) is 2.12. The molecule has 0 radical (unpaired) electrons. The van der Waals surface area contributed by atoms with Crippen molar-refractivity contribution in [1.29, 1.82) is 0 Å². The normalized spacial score (nSPS) is 12.4. The van der Waals surface area contributed by atoms with Crippen molar-refractivity contribution in [3.8, 4) is 0 Å². The predicted octanol–water partition coefficient (Wildman–Crippen LogP) is 1.69. The number of hydrogen-bond acceptors (Lipinski definition) is 3. The SMILES string of the molecule is CSCCC(NC(=O)c1cccn1CC(F)F)C(=O)O. The number of carboxylic acid groups (broad SMARTS) is 1. The standard InChI is InChI=1S/C12H16F2N2O3S/c1-20-6-4-8(12(18)19)15-11(17)9-3-2-5-16(9)7-10(13)14/h2-3,5,8,10H,4,6-7H2,1H3,(H,15,17)(H,18,19). The average molecular weight is 306 g/mol. The summed E-state index contributed by atoms with van der Waals surface area (Å²) in [5.74, 6) is -1.22. The van der Waals surface area contributed by atoms with Crippen LogP contribution < -0.4 is 5.32 Å². The second kappa shape index (κ2) is 7.88. The Hall–Kier alpha value is -1.57. The number of hydrogen-bond donors (Lipinski definition) is 2. The fraction of sp³-hybridized carbons (Fsp3) is 0.500. The van der Waals surface area contributed by atoms with Gasteiger partial charge in [-0.1, -0.05) is 0 Å². The third-order valence-corrected chi connectivity index (χ3v) is 3.25. The van der Waals surface area contributed by atoms with Crippen molar-refractivity contribution >= 4 is 23.6 Å². The van der Waals surface area contributed by atoms with E-state index in [1.54, 1.807) is 0 Å². The highest BCUT2D eigenvalue weighted by Gasteiger charge is 2.22. The first kappa shape index (κ1) is 16.5. The molecule has 2 N–H and O–H groups in total. The molecule has 0 bridgehead atoms. The monoisotopic (exact) mass is 306 g/mol. The van der Waals surface area contributed by atoms with Crippen LogP contribution in [-0.2, 0) is 11.3 Å². The maximum Gasteiger partial charge on any atom is 0.326 e. The van der Waals surface area contributed by atoms with Crippen LogP contribution in [0.5, 0.6) is 0 Å². The Morgan fingerprint density at radius 1 is 1.50 bits per heavy atom. The Kier molecular flexibility index (Phi) is 6.50. The van der Waals surface area contributed by atoms with E-state index in [1.165, 1.54) is 30.1 Å². The summed E-state index contributed by atoms with van der Waals surface area (Å²) in [4.78, 5) is 23.0. The molecule has 1 heterocycles. The number of carboxylic acids is 1. The molecule has 20 heavy (non-hydrogen) atoms. The molecular formula is C12H16F2N2O3S. The second-order valence-electron chi connectivity index (χ2n) is 4.08. The van der Waals surface area contributed by atoms with Crippen molar-refractivity contribution in [2.75, 3.05) is 12.0 Å². The van der Waals surface area contributed by atoms with Crippen LogP contribution in [0.2, 0.25) is 0 Å². The average Bonchev–Trinajstić information content (AvgIpc) is 2.81. The summed E-state index contributed by atoms with van der Waals surface area (Å²) < 4.78 is 25.8. The molecule has 1 amide bonds. The first-order valence-electron chi connectivity index (χ1n) is 5.91. The molecule has 0 saturated carbocycles. The van der Waals surface area contributed by atoms with Crippen LogP contribution in [0.15, 0.2) is 18.3 Å². The number of aliphatic carboxylic acids is 1. The number of rotatable bonds is 8. The van der Waals surface area contributed by atoms with E-state index in [1.807, 2.05) is 6.26 Å². The van der Waals surface area contributed by atoms with E-state index in [4.69, 9.17) is 5.11 Å². The number of alkyl halides is 2. The quantitative estimate of drug-likeness (QED) is 0.767. The van der Waals surface area contributed by atoms with E-state index in [9.17, 15) is 18.4 Å². The Balaban J connectivity index is 2.73. The lowest BCUT2D eigenvalue weighted by Crippen LogP contribution is -2.42. The first-order chi connectivity index (χ1) is 9.45. The van der Waals surface area contributed by atoms with Gasteiger partial charge in [0.05, 0.1) is 6.54 Å². The lowest BCUT2D eigenvalue weighted by atomic mass is 10.2. The first-order valence-corrected chi connectivity index (χ1v) is 7.31. The van der Waals surface area contributed by atoms with E-state index in [-0.39, 0.29) is 12.1 Å². The number of aromatic nitrogens is 1. The molecule has 1 aromatic rings. The number of carbonyl (C=O) groups excluding carboxylic acids is 1. The molecule has 8 heteroatoms. The van der Waals surface area contributed by atoms with E-state index in [0.29, 0.717) is 5.75 Å². The maximum absolute atomic E-state index is 12.3. The van der Waals surface area contributed by atoms with Gasteiger partial charge in [0.2, 0.25) is 0 Å². The Bertz CT molecular complexity index is 465. The summed E-state index contributed by atoms with van der Waals surface area (Å²) in [7, 11) is 0. The van der Waals surface area contributed by atoms with Gasteiger partial charge in [0.15, 0.2) is 0 Å². The highest BCUT2D eigenvalue weighted by molar-refractivity contribution is 7.98. The van der Waals surface area contributed by atoms with E-state index in [2.05, 4.69) is 5.32 Å². The minimum absolute atomic E-state index is 0.0284. The number of thioether (sulfide) groups is 1. The molecule has 0 aliphatic rings. The number of amides is 1. The number of halogens is 2. The molecule has 0 fully saturated rings. The van der Waals surface area contributed by atoms with Gasteiger partial charge in [-0.2, -0.15) is 11.8 Å². The zero-order valence-electron chi connectivity index (χ0n) is 10.9. The van der Waals surface area contributed by atoms with Gasteiger partial charge in [-0.25, -0.2) is 13.6 Å². The lowest BCUT2D eigenvalue weighted by molar-refractivity contribution is -0.139. The summed E-state index contributed by atoms with van der Waals surface area (Å²) in [6, 6.07) is 1.82. The summed E-state index contributed by atoms with van der Waals surface area (Å²) >= 11 is 1.46. The van der Waals surface area contributed by atoms with Crippen molar-refractivity contribution in [2.24, 2.45) is 0 Å². The Morgan fingerprint density at radius 2 is 2.20 bits per heavy atom.